The van der Waals surface area contributed by atoms with E-state index in [-0.39, 0.29) is 5.54 Å². The molecule has 6 heteroatoms. The molecule has 1 heterocycles. The van der Waals surface area contributed by atoms with Crippen LogP contribution in [0.2, 0.25) is 5.02 Å². The number of ether oxygens (including phenoxy) is 2. The topological polar surface area (TPSA) is 42.8 Å². The van der Waals surface area contributed by atoms with Crippen LogP contribution >= 0.6 is 23.4 Å². The average Bonchev–Trinajstić information content (AvgIpc) is 2.92. The minimum absolute atomic E-state index is 0.0523. The first-order valence-electron chi connectivity index (χ1n) is 6.98. The summed E-state index contributed by atoms with van der Waals surface area (Å²) in [7, 11) is 3.22. The number of hydrogen-bond donors (Lipinski definition) is 1. The Morgan fingerprint density at radius 3 is 2.43 bits per heavy atom. The molecule has 1 N–H and O–H groups in total. The molecule has 4 nitrogen and oxygen atoms in total. The van der Waals surface area contributed by atoms with Gasteiger partial charge in [0.15, 0.2) is 5.17 Å². The van der Waals surface area contributed by atoms with Crippen molar-refractivity contribution in [3.8, 4) is 11.5 Å². The van der Waals surface area contributed by atoms with E-state index in [1.54, 1.807) is 32.0 Å². The third kappa shape index (κ3) is 3.40. The van der Waals surface area contributed by atoms with Gasteiger partial charge in [-0.3, -0.25) is 4.99 Å². The first-order chi connectivity index (χ1) is 10.1. The van der Waals surface area contributed by atoms with E-state index in [9.17, 15) is 0 Å². The van der Waals surface area contributed by atoms with E-state index in [1.165, 1.54) is 0 Å². The van der Waals surface area contributed by atoms with Gasteiger partial charge in [0.05, 0.1) is 30.5 Å². The Labute approximate surface area is 135 Å². The Balaban J connectivity index is 2.27. The number of rotatable bonds is 5. The van der Waals surface area contributed by atoms with Gasteiger partial charge >= 0.3 is 0 Å². The Morgan fingerprint density at radius 2 is 1.90 bits per heavy atom. The van der Waals surface area contributed by atoms with Crippen molar-refractivity contribution in [1.29, 1.82) is 0 Å². The van der Waals surface area contributed by atoms with Crippen LogP contribution < -0.4 is 14.8 Å². The molecule has 1 aliphatic heterocycles. The predicted octanol–water partition coefficient (Wildman–Crippen LogP) is 4.43. The Morgan fingerprint density at radius 1 is 1.24 bits per heavy atom. The third-order valence-corrected chi connectivity index (χ3v) is 5.29. The van der Waals surface area contributed by atoms with E-state index in [0.717, 1.165) is 29.4 Å². The molecule has 0 bridgehead atoms. The largest absolute Gasteiger partial charge is 0.495 e. The number of nitrogens with zero attached hydrogens (tertiary/aromatic N) is 1. The van der Waals surface area contributed by atoms with Crippen LogP contribution in [0.1, 0.15) is 26.7 Å². The van der Waals surface area contributed by atoms with Gasteiger partial charge in [-0.05, 0) is 12.8 Å². The summed E-state index contributed by atoms with van der Waals surface area (Å²) in [5.41, 5.74) is 0.865. The number of benzene rings is 1. The molecule has 0 spiro atoms. The van der Waals surface area contributed by atoms with Gasteiger partial charge in [0.1, 0.15) is 11.5 Å². The molecule has 0 amide bonds. The van der Waals surface area contributed by atoms with Crippen molar-refractivity contribution in [3.05, 3.63) is 17.2 Å². The SMILES string of the molecule is CCC1(CC)CSC(Nc2cc(OC)c(Cl)cc2OC)=N1. The van der Waals surface area contributed by atoms with Gasteiger partial charge in [-0.1, -0.05) is 37.2 Å². The molecule has 1 aromatic carbocycles. The minimum atomic E-state index is 0.0523. The molecule has 0 atom stereocenters. The lowest BCUT2D eigenvalue weighted by Crippen LogP contribution is -2.24. The minimum Gasteiger partial charge on any atom is -0.495 e. The summed E-state index contributed by atoms with van der Waals surface area (Å²) in [5, 5.41) is 4.78. The molecule has 0 radical (unpaired) electrons. The number of amidine groups is 1. The van der Waals surface area contributed by atoms with Gasteiger partial charge in [0.25, 0.3) is 0 Å². The van der Waals surface area contributed by atoms with Crippen molar-refractivity contribution in [2.75, 3.05) is 25.3 Å². The number of hydrogen-bond acceptors (Lipinski definition) is 5. The van der Waals surface area contributed by atoms with Crippen molar-refractivity contribution in [2.24, 2.45) is 4.99 Å². The Kier molecular flexibility index (Phi) is 5.27. The van der Waals surface area contributed by atoms with E-state index in [2.05, 4.69) is 19.2 Å². The summed E-state index contributed by atoms with van der Waals surface area (Å²) in [4.78, 5) is 4.84. The fraction of sp³-hybridized carbons (Fsp3) is 0.533. The predicted molar refractivity (Wildman–Crippen MR) is 91.4 cm³/mol. The molecule has 0 saturated heterocycles. The van der Waals surface area contributed by atoms with Crippen LogP contribution in [-0.2, 0) is 0 Å². The number of halogens is 1. The molecule has 1 aliphatic rings. The van der Waals surface area contributed by atoms with Gasteiger partial charge in [-0.15, -0.1) is 0 Å². The summed E-state index contributed by atoms with van der Waals surface area (Å²) in [6, 6.07) is 3.58. The summed E-state index contributed by atoms with van der Waals surface area (Å²) >= 11 is 7.86. The maximum Gasteiger partial charge on any atom is 0.161 e. The van der Waals surface area contributed by atoms with E-state index < -0.39 is 0 Å². The Hall–Kier alpha value is -1.07. The number of methoxy groups -OCH3 is 2. The van der Waals surface area contributed by atoms with Gasteiger partial charge in [0.2, 0.25) is 0 Å². The fourth-order valence-corrected chi connectivity index (χ4v) is 3.78. The van der Waals surface area contributed by atoms with Crippen LogP contribution in [0.4, 0.5) is 5.69 Å². The van der Waals surface area contributed by atoms with E-state index in [1.807, 2.05) is 6.07 Å². The van der Waals surface area contributed by atoms with E-state index >= 15 is 0 Å². The van der Waals surface area contributed by atoms with Crippen molar-refractivity contribution < 1.29 is 9.47 Å². The molecule has 116 valence electrons. The van der Waals surface area contributed by atoms with Crippen molar-refractivity contribution in [2.45, 2.75) is 32.2 Å². The van der Waals surface area contributed by atoms with Crippen LogP contribution in [-0.4, -0.2) is 30.7 Å². The van der Waals surface area contributed by atoms with Crippen molar-refractivity contribution in [3.63, 3.8) is 0 Å². The lowest BCUT2D eigenvalue weighted by molar-refractivity contribution is 0.405. The summed E-state index contributed by atoms with van der Waals surface area (Å²) in [6.45, 7) is 4.37. The number of anilines is 1. The molecular formula is C15H21ClN2O2S. The molecule has 0 unspecified atom stereocenters. The molecule has 0 fully saturated rings. The van der Waals surface area contributed by atoms with Crippen LogP contribution in [0.5, 0.6) is 11.5 Å². The second kappa shape index (κ2) is 6.79. The molecule has 2 rings (SSSR count). The summed E-state index contributed by atoms with van der Waals surface area (Å²) in [5.74, 6) is 2.30. The highest BCUT2D eigenvalue weighted by Gasteiger charge is 2.32. The van der Waals surface area contributed by atoms with Gasteiger partial charge < -0.3 is 14.8 Å². The van der Waals surface area contributed by atoms with Gasteiger partial charge in [0, 0.05) is 17.9 Å². The zero-order chi connectivity index (χ0) is 15.5. The first kappa shape index (κ1) is 16.3. The van der Waals surface area contributed by atoms with Crippen molar-refractivity contribution >= 4 is 34.2 Å². The van der Waals surface area contributed by atoms with Crippen LogP contribution in [0.15, 0.2) is 17.1 Å². The third-order valence-electron chi connectivity index (χ3n) is 3.85. The van der Waals surface area contributed by atoms with Gasteiger partial charge in [-0.2, -0.15) is 0 Å². The zero-order valence-electron chi connectivity index (χ0n) is 12.8. The second-order valence-corrected chi connectivity index (χ2v) is 6.32. The maximum absolute atomic E-state index is 6.12. The second-order valence-electron chi connectivity index (χ2n) is 4.95. The molecule has 0 aliphatic carbocycles. The standard InChI is InChI=1S/C15H21ClN2O2S/c1-5-15(6-2)9-21-14(18-15)17-11-8-12(19-3)10(16)7-13(11)20-4/h7-8H,5-6,9H2,1-4H3,(H,17,18). The zero-order valence-corrected chi connectivity index (χ0v) is 14.4. The van der Waals surface area contributed by atoms with Crippen LogP contribution in [0.25, 0.3) is 0 Å². The van der Waals surface area contributed by atoms with Crippen LogP contribution in [0.3, 0.4) is 0 Å². The lowest BCUT2D eigenvalue weighted by atomic mass is 9.97. The molecule has 0 saturated carbocycles. The van der Waals surface area contributed by atoms with Crippen molar-refractivity contribution in [1.82, 2.24) is 0 Å². The monoisotopic (exact) mass is 328 g/mol. The summed E-state index contributed by atoms with van der Waals surface area (Å²) in [6.07, 6.45) is 2.09. The molecule has 21 heavy (non-hydrogen) atoms. The Bertz CT molecular complexity index is 545. The maximum atomic E-state index is 6.12. The average molecular weight is 329 g/mol. The normalized spacial score (nSPS) is 16.5. The molecule has 1 aromatic rings. The highest BCUT2D eigenvalue weighted by Crippen LogP contribution is 2.38. The molecule has 0 aromatic heterocycles. The quantitative estimate of drug-likeness (QED) is 0.868. The highest BCUT2D eigenvalue weighted by atomic mass is 35.5. The lowest BCUT2D eigenvalue weighted by Gasteiger charge is -2.20. The molecular weight excluding hydrogens is 308 g/mol. The smallest absolute Gasteiger partial charge is 0.161 e. The van der Waals surface area contributed by atoms with E-state index in [4.69, 9.17) is 26.1 Å². The number of aliphatic imine (C=N–C) groups is 1. The van der Waals surface area contributed by atoms with E-state index in [0.29, 0.717) is 16.5 Å². The van der Waals surface area contributed by atoms with Gasteiger partial charge in [-0.25, -0.2) is 0 Å². The first-order valence-corrected chi connectivity index (χ1v) is 8.35. The van der Waals surface area contributed by atoms with Crippen LogP contribution in [0, 0.1) is 0 Å². The highest BCUT2D eigenvalue weighted by molar-refractivity contribution is 8.14. The number of nitrogens with one attached hydrogen (secondary N) is 1. The summed E-state index contributed by atoms with van der Waals surface area (Å²) < 4.78 is 10.6. The fourth-order valence-electron chi connectivity index (χ4n) is 2.23. The number of thioether (sulfide) groups is 1.